The largest absolute Gasteiger partial charge is 0.480 e. The highest BCUT2D eigenvalue weighted by Gasteiger charge is 2.27. The number of aliphatic imine (C=N–C) groups is 1. The van der Waals surface area contributed by atoms with E-state index < -0.39 is 48.4 Å². The average Bonchev–Trinajstić information content (AvgIpc) is 2.89. The smallest absolute Gasteiger partial charge is 0.326 e. The second kappa shape index (κ2) is 15.6. The van der Waals surface area contributed by atoms with Gasteiger partial charge in [0.1, 0.15) is 12.1 Å². The zero-order valence-corrected chi connectivity index (χ0v) is 21.0. The number of carbonyl (C=O) groups excluding carboxylic acids is 3. The molecule has 0 spiro atoms. The van der Waals surface area contributed by atoms with Crippen LogP contribution in [0.2, 0.25) is 0 Å². The van der Waals surface area contributed by atoms with Gasteiger partial charge in [-0.15, -0.1) is 0 Å². The average molecular weight is 526 g/mol. The summed E-state index contributed by atoms with van der Waals surface area (Å²) in [7, 11) is 0. The van der Waals surface area contributed by atoms with Crippen molar-refractivity contribution < 1.29 is 24.3 Å². The molecule has 10 N–H and O–H groups in total. The number of nitrogens with zero attached hydrogens (tertiary/aromatic N) is 1. The van der Waals surface area contributed by atoms with Crippen molar-refractivity contribution in [2.45, 2.75) is 43.8 Å². The molecule has 0 unspecified atom stereocenters. The van der Waals surface area contributed by atoms with Gasteiger partial charge in [-0.05, 0) is 24.0 Å². The van der Waals surface area contributed by atoms with Gasteiger partial charge < -0.3 is 38.3 Å². The normalized spacial score (nSPS) is 12.9. The second-order valence-corrected chi connectivity index (χ2v) is 8.67. The summed E-state index contributed by atoms with van der Waals surface area (Å²) in [6.45, 7) is -0.0902. The second-order valence-electron chi connectivity index (χ2n) is 8.67. The van der Waals surface area contributed by atoms with Crippen LogP contribution >= 0.6 is 0 Å². The number of carboxylic acids is 1. The Morgan fingerprint density at radius 1 is 0.816 bits per heavy atom. The van der Waals surface area contributed by atoms with Crippen LogP contribution in [0.25, 0.3) is 0 Å². The van der Waals surface area contributed by atoms with E-state index in [9.17, 15) is 24.3 Å². The summed E-state index contributed by atoms with van der Waals surface area (Å²) in [5, 5.41) is 17.2. The third-order valence-corrected chi connectivity index (χ3v) is 5.56. The first-order valence-electron chi connectivity index (χ1n) is 12.1. The van der Waals surface area contributed by atoms with Crippen LogP contribution in [0, 0.1) is 0 Å². The maximum atomic E-state index is 13.1. The molecule has 2 rings (SSSR count). The number of benzene rings is 2. The maximum Gasteiger partial charge on any atom is 0.326 e. The predicted molar refractivity (Wildman–Crippen MR) is 143 cm³/mol. The topological polar surface area (TPSA) is 215 Å². The van der Waals surface area contributed by atoms with Crippen molar-refractivity contribution in [1.29, 1.82) is 0 Å². The minimum absolute atomic E-state index is 0.0523. The van der Waals surface area contributed by atoms with Gasteiger partial charge in [0.15, 0.2) is 5.96 Å². The number of hydrogen-bond donors (Lipinski definition) is 7. The van der Waals surface area contributed by atoms with Crippen molar-refractivity contribution >= 4 is 29.7 Å². The zero-order valence-electron chi connectivity index (χ0n) is 21.0. The number of carboxylic acid groups (broad SMARTS) is 1. The van der Waals surface area contributed by atoms with Crippen LogP contribution in [0.4, 0.5) is 0 Å². The van der Waals surface area contributed by atoms with Crippen molar-refractivity contribution in [2.75, 3.05) is 13.1 Å². The Hall–Kier alpha value is -4.45. The molecule has 2 aromatic carbocycles. The molecule has 12 nitrogen and oxygen atoms in total. The Bertz CT molecular complexity index is 1090. The monoisotopic (exact) mass is 525 g/mol. The Kier molecular flexibility index (Phi) is 12.2. The number of aliphatic carboxylic acids is 1. The van der Waals surface area contributed by atoms with E-state index in [4.69, 9.17) is 17.2 Å². The first kappa shape index (κ1) is 29.8. The van der Waals surface area contributed by atoms with Crippen molar-refractivity contribution in [1.82, 2.24) is 16.0 Å². The van der Waals surface area contributed by atoms with Crippen LogP contribution in [0.5, 0.6) is 0 Å². The van der Waals surface area contributed by atoms with Gasteiger partial charge in [0.25, 0.3) is 0 Å². The van der Waals surface area contributed by atoms with E-state index in [0.29, 0.717) is 19.4 Å². The lowest BCUT2D eigenvalue weighted by atomic mass is 10.0. The SMILES string of the molecule is NC(N)=NCCC[C@H](N)C(=O)NCC(=O)N[C@@H](Cc1ccccc1)C(=O)N[C@@H](Cc1ccccc1)C(=O)O. The number of rotatable bonds is 15. The molecule has 0 aliphatic rings. The molecule has 0 bridgehead atoms. The molecule has 0 aromatic heterocycles. The van der Waals surface area contributed by atoms with E-state index in [1.807, 2.05) is 12.1 Å². The summed E-state index contributed by atoms with van der Waals surface area (Å²) < 4.78 is 0. The molecule has 0 saturated heterocycles. The lowest BCUT2D eigenvalue weighted by Crippen LogP contribution is -2.54. The molecule has 0 radical (unpaired) electrons. The van der Waals surface area contributed by atoms with Crippen LogP contribution in [-0.2, 0) is 32.0 Å². The summed E-state index contributed by atoms with van der Waals surface area (Å²) in [6.07, 6.45) is 0.979. The van der Waals surface area contributed by atoms with E-state index in [1.54, 1.807) is 48.5 Å². The fourth-order valence-electron chi connectivity index (χ4n) is 3.58. The number of carbonyl (C=O) groups is 4. The summed E-state index contributed by atoms with van der Waals surface area (Å²) in [5.41, 5.74) is 17.8. The van der Waals surface area contributed by atoms with Crippen LogP contribution in [-0.4, -0.2) is 66.0 Å². The highest BCUT2D eigenvalue weighted by Crippen LogP contribution is 2.07. The first-order valence-corrected chi connectivity index (χ1v) is 12.1. The van der Waals surface area contributed by atoms with Crippen molar-refractivity contribution in [3.8, 4) is 0 Å². The number of nitrogens with one attached hydrogen (secondary N) is 3. The summed E-state index contributed by atoms with van der Waals surface area (Å²) in [5.74, 6) is -3.08. The van der Waals surface area contributed by atoms with Crippen LogP contribution in [0.1, 0.15) is 24.0 Å². The van der Waals surface area contributed by atoms with Crippen molar-refractivity contribution in [3.05, 3.63) is 71.8 Å². The number of guanidine groups is 1. The first-order chi connectivity index (χ1) is 18.2. The Morgan fingerprint density at radius 2 is 1.37 bits per heavy atom. The van der Waals surface area contributed by atoms with E-state index >= 15 is 0 Å². The van der Waals surface area contributed by atoms with Gasteiger partial charge in [-0.2, -0.15) is 0 Å². The highest BCUT2D eigenvalue weighted by molar-refractivity contribution is 5.92. The van der Waals surface area contributed by atoms with E-state index in [0.717, 1.165) is 11.1 Å². The van der Waals surface area contributed by atoms with Crippen molar-refractivity contribution in [3.63, 3.8) is 0 Å². The van der Waals surface area contributed by atoms with Crippen LogP contribution < -0.4 is 33.2 Å². The molecular formula is C26H35N7O5. The molecule has 12 heteroatoms. The minimum Gasteiger partial charge on any atom is -0.480 e. The lowest BCUT2D eigenvalue weighted by molar-refractivity contribution is -0.142. The number of nitrogens with two attached hydrogens (primary N) is 3. The number of amides is 3. The fourth-order valence-corrected chi connectivity index (χ4v) is 3.58. The van der Waals surface area contributed by atoms with Gasteiger partial charge in [0.05, 0.1) is 12.6 Å². The molecule has 0 aliphatic heterocycles. The molecule has 38 heavy (non-hydrogen) atoms. The third-order valence-electron chi connectivity index (χ3n) is 5.56. The van der Waals surface area contributed by atoms with Gasteiger partial charge in [0.2, 0.25) is 17.7 Å². The maximum absolute atomic E-state index is 13.1. The van der Waals surface area contributed by atoms with Crippen molar-refractivity contribution in [2.24, 2.45) is 22.2 Å². The van der Waals surface area contributed by atoms with Gasteiger partial charge in [-0.1, -0.05) is 60.7 Å². The van der Waals surface area contributed by atoms with E-state index in [-0.39, 0.29) is 18.8 Å². The van der Waals surface area contributed by atoms with Crippen LogP contribution in [0.3, 0.4) is 0 Å². The van der Waals surface area contributed by atoms with Gasteiger partial charge in [0, 0.05) is 19.4 Å². The Labute approximate surface area is 221 Å². The molecule has 0 fully saturated rings. The van der Waals surface area contributed by atoms with E-state index in [1.165, 1.54) is 0 Å². The molecular weight excluding hydrogens is 490 g/mol. The molecule has 0 heterocycles. The standard InChI is InChI=1S/C26H35N7O5/c27-19(12-7-13-30-26(28)29)23(35)31-16-22(34)32-20(14-17-8-3-1-4-9-17)24(36)33-21(25(37)38)15-18-10-5-2-6-11-18/h1-6,8-11,19-21H,7,12-16,27H2,(H,31,35)(H,32,34)(H,33,36)(H,37,38)(H4,28,29,30)/t19-,20-,21-/m0/s1. The summed E-state index contributed by atoms with van der Waals surface area (Å²) in [6, 6.07) is 14.7. The fraction of sp³-hybridized carbons (Fsp3) is 0.346. The molecule has 3 atom stereocenters. The molecule has 2 aromatic rings. The number of hydrogen-bond acceptors (Lipinski definition) is 6. The molecule has 0 saturated carbocycles. The molecule has 0 aliphatic carbocycles. The van der Waals surface area contributed by atoms with Gasteiger partial charge in [-0.25, -0.2) is 4.79 Å². The quantitative estimate of drug-likeness (QED) is 0.0869. The molecule has 3 amide bonds. The lowest BCUT2D eigenvalue weighted by Gasteiger charge is -2.22. The predicted octanol–water partition coefficient (Wildman–Crippen LogP) is -0.977. The summed E-state index contributed by atoms with van der Waals surface area (Å²) >= 11 is 0. The Morgan fingerprint density at radius 3 is 1.89 bits per heavy atom. The summed E-state index contributed by atoms with van der Waals surface area (Å²) in [4.78, 5) is 53.6. The zero-order chi connectivity index (χ0) is 27.9. The molecule has 204 valence electrons. The van der Waals surface area contributed by atoms with Gasteiger partial charge >= 0.3 is 5.97 Å². The van der Waals surface area contributed by atoms with E-state index in [2.05, 4.69) is 20.9 Å². The van der Waals surface area contributed by atoms with Gasteiger partial charge in [-0.3, -0.25) is 19.4 Å². The Balaban J connectivity index is 1.99. The third kappa shape index (κ3) is 11.1. The highest BCUT2D eigenvalue weighted by atomic mass is 16.4. The minimum atomic E-state index is -1.20. The van der Waals surface area contributed by atoms with Crippen LogP contribution in [0.15, 0.2) is 65.7 Å².